The molecule has 2 aromatic carbocycles. The number of carbonyl (C=O) groups excluding carboxylic acids is 1. The number of nitrogens with zero attached hydrogens (tertiary/aromatic N) is 1. The van der Waals surface area contributed by atoms with E-state index in [4.69, 9.17) is 0 Å². The Morgan fingerprint density at radius 2 is 1.82 bits per heavy atom. The molecule has 138 valence electrons. The number of fused-ring (bicyclic) bond motifs is 2. The summed E-state index contributed by atoms with van der Waals surface area (Å²) >= 11 is 0. The maximum atomic E-state index is 13.6. The molecule has 28 heavy (non-hydrogen) atoms. The third-order valence-electron chi connectivity index (χ3n) is 5.32. The number of hydrogen-bond donors (Lipinski definition) is 2. The van der Waals surface area contributed by atoms with Crippen molar-refractivity contribution >= 4 is 16.9 Å². The van der Waals surface area contributed by atoms with Gasteiger partial charge < -0.3 is 10.3 Å². The molecule has 4 nitrogen and oxygen atoms in total. The van der Waals surface area contributed by atoms with Gasteiger partial charge in [0.05, 0.1) is 5.56 Å². The highest BCUT2D eigenvalue weighted by atomic mass is 19.1. The Labute approximate surface area is 161 Å². The Morgan fingerprint density at radius 1 is 1.04 bits per heavy atom. The van der Waals surface area contributed by atoms with Crippen LogP contribution in [-0.2, 0) is 12.8 Å². The Bertz CT molecular complexity index is 1170. The fraction of sp³-hybridized carbons (Fsp3) is 0.130. The zero-order chi connectivity index (χ0) is 19.1. The molecule has 2 aromatic heterocycles. The van der Waals surface area contributed by atoms with Crippen LogP contribution in [0, 0.1) is 5.82 Å². The van der Waals surface area contributed by atoms with E-state index in [1.807, 2.05) is 24.3 Å². The van der Waals surface area contributed by atoms with Gasteiger partial charge in [-0.15, -0.1) is 0 Å². The highest BCUT2D eigenvalue weighted by Crippen LogP contribution is 2.26. The summed E-state index contributed by atoms with van der Waals surface area (Å²) in [5.41, 5.74) is 5.28. The predicted molar refractivity (Wildman–Crippen MR) is 107 cm³/mol. The van der Waals surface area contributed by atoms with Crippen molar-refractivity contribution in [2.45, 2.75) is 18.9 Å². The van der Waals surface area contributed by atoms with Crippen molar-refractivity contribution in [3.63, 3.8) is 0 Å². The predicted octanol–water partition coefficient (Wildman–Crippen LogP) is 4.27. The summed E-state index contributed by atoms with van der Waals surface area (Å²) in [4.78, 5) is 20.4. The average Bonchev–Trinajstić information content (AvgIpc) is 3.30. The lowest BCUT2D eigenvalue weighted by Crippen LogP contribution is -2.35. The summed E-state index contributed by atoms with van der Waals surface area (Å²) in [5, 5.41) is 3.87. The van der Waals surface area contributed by atoms with Crippen LogP contribution in [0.4, 0.5) is 4.39 Å². The first-order chi connectivity index (χ1) is 13.7. The van der Waals surface area contributed by atoms with Crippen LogP contribution in [0.1, 0.15) is 21.5 Å². The molecular formula is C23H18FN3O. The molecule has 0 spiro atoms. The van der Waals surface area contributed by atoms with Gasteiger partial charge in [-0.3, -0.25) is 4.79 Å². The minimum absolute atomic E-state index is 0.0919. The van der Waals surface area contributed by atoms with E-state index in [1.54, 1.807) is 18.5 Å². The monoisotopic (exact) mass is 371 g/mol. The van der Waals surface area contributed by atoms with Crippen LogP contribution in [0.5, 0.6) is 0 Å². The number of amides is 1. The van der Waals surface area contributed by atoms with Gasteiger partial charge in [-0.2, -0.15) is 0 Å². The second-order valence-electron chi connectivity index (χ2n) is 7.18. The molecule has 1 aliphatic rings. The van der Waals surface area contributed by atoms with Crippen molar-refractivity contribution in [3.05, 3.63) is 89.5 Å². The molecule has 0 atom stereocenters. The number of pyridine rings is 1. The zero-order valence-electron chi connectivity index (χ0n) is 15.1. The lowest BCUT2D eigenvalue weighted by molar-refractivity contribution is 0.0940. The molecule has 2 heterocycles. The van der Waals surface area contributed by atoms with Gasteiger partial charge in [0.1, 0.15) is 11.5 Å². The first-order valence-corrected chi connectivity index (χ1v) is 9.28. The van der Waals surface area contributed by atoms with Crippen LogP contribution in [0.25, 0.3) is 22.2 Å². The van der Waals surface area contributed by atoms with Crippen LogP contribution in [0.15, 0.2) is 67.0 Å². The summed E-state index contributed by atoms with van der Waals surface area (Å²) in [7, 11) is 0. The van der Waals surface area contributed by atoms with E-state index >= 15 is 0 Å². The highest BCUT2D eigenvalue weighted by molar-refractivity contribution is 6.06. The number of benzene rings is 2. The van der Waals surface area contributed by atoms with Crippen molar-refractivity contribution in [1.82, 2.24) is 15.3 Å². The Kier molecular flexibility index (Phi) is 3.93. The van der Waals surface area contributed by atoms with Gasteiger partial charge in [0.25, 0.3) is 5.91 Å². The van der Waals surface area contributed by atoms with Crippen LogP contribution < -0.4 is 5.32 Å². The summed E-state index contributed by atoms with van der Waals surface area (Å²) in [6, 6.07) is 16.6. The number of rotatable bonds is 3. The average molecular weight is 371 g/mol. The zero-order valence-corrected chi connectivity index (χ0v) is 15.1. The van der Waals surface area contributed by atoms with Gasteiger partial charge in [0, 0.05) is 29.4 Å². The molecule has 1 aliphatic carbocycles. The SMILES string of the molecule is O=C(NC1Cc2ccccc2C1)c1c[nH]c2ncc(-c3cccc(F)c3)cc12. The van der Waals surface area contributed by atoms with E-state index in [2.05, 4.69) is 27.4 Å². The molecule has 0 bridgehead atoms. The lowest BCUT2D eigenvalue weighted by atomic mass is 10.1. The molecule has 1 amide bonds. The van der Waals surface area contributed by atoms with Crippen molar-refractivity contribution < 1.29 is 9.18 Å². The van der Waals surface area contributed by atoms with E-state index < -0.39 is 0 Å². The second kappa shape index (κ2) is 6.60. The van der Waals surface area contributed by atoms with Gasteiger partial charge in [-0.25, -0.2) is 9.37 Å². The lowest BCUT2D eigenvalue weighted by Gasteiger charge is -2.11. The molecule has 0 fully saturated rings. The second-order valence-corrected chi connectivity index (χ2v) is 7.18. The molecule has 5 heteroatoms. The van der Waals surface area contributed by atoms with Crippen molar-refractivity contribution in [2.75, 3.05) is 0 Å². The normalized spacial score (nSPS) is 13.6. The van der Waals surface area contributed by atoms with E-state index in [9.17, 15) is 9.18 Å². The van der Waals surface area contributed by atoms with E-state index in [-0.39, 0.29) is 17.8 Å². The summed E-state index contributed by atoms with van der Waals surface area (Å²) < 4.78 is 13.6. The number of halogens is 1. The van der Waals surface area contributed by atoms with Crippen molar-refractivity contribution in [2.24, 2.45) is 0 Å². The first-order valence-electron chi connectivity index (χ1n) is 9.28. The van der Waals surface area contributed by atoms with Gasteiger partial charge in [-0.05, 0) is 47.7 Å². The molecule has 0 aliphatic heterocycles. The van der Waals surface area contributed by atoms with Crippen molar-refractivity contribution in [1.29, 1.82) is 0 Å². The molecule has 5 rings (SSSR count). The van der Waals surface area contributed by atoms with Crippen LogP contribution in [-0.4, -0.2) is 21.9 Å². The molecule has 4 aromatic rings. The number of aromatic amines is 1. The molecule has 0 saturated heterocycles. The summed E-state index contributed by atoms with van der Waals surface area (Å²) in [6.45, 7) is 0. The number of aromatic nitrogens is 2. The minimum atomic E-state index is -0.301. The van der Waals surface area contributed by atoms with E-state index in [0.29, 0.717) is 11.2 Å². The smallest absolute Gasteiger partial charge is 0.253 e. The third-order valence-corrected chi connectivity index (χ3v) is 5.32. The van der Waals surface area contributed by atoms with Gasteiger partial charge >= 0.3 is 0 Å². The molecule has 0 radical (unpaired) electrons. The maximum absolute atomic E-state index is 13.6. The van der Waals surface area contributed by atoms with Gasteiger partial charge in [0.2, 0.25) is 0 Å². The number of nitrogens with one attached hydrogen (secondary N) is 2. The van der Waals surface area contributed by atoms with Crippen LogP contribution in [0.3, 0.4) is 0 Å². The third kappa shape index (κ3) is 2.95. The molecule has 0 unspecified atom stereocenters. The maximum Gasteiger partial charge on any atom is 0.253 e. The van der Waals surface area contributed by atoms with Gasteiger partial charge in [-0.1, -0.05) is 36.4 Å². The Balaban J connectivity index is 1.43. The summed E-state index contributed by atoms with van der Waals surface area (Å²) in [5.74, 6) is -0.423. The summed E-state index contributed by atoms with van der Waals surface area (Å²) in [6.07, 6.45) is 5.06. The first kappa shape index (κ1) is 16.7. The minimum Gasteiger partial charge on any atom is -0.349 e. The van der Waals surface area contributed by atoms with E-state index in [1.165, 1.54) is 23.3 Å². The standard InChI is InChI=1S/C23H18FN3O/c24-18-7-3-6-14(8-18)17-11-20-21(13-26-22(20)25-12-17)23(28)27-19-9-15-4-1-2-5-16(15)10-19/h1-8,11-13,19H,9-10H2,(H,25,26)(H,27,28). The highest BCUT2D eigenvalue weighted by Gasteiger charge is 2.24. The van der Waals surface area contributed by atoms with Gasteiger partial charge in [0.15, 0.2) is 0 Å². The topological polar surface area (TPSA) is 57.8 Å². The number of H-pyrrole nitrogens is 1. The fourth-order valence-electron chi connectivity index (χ4n) is 3.94. The quantitative estimate of drug-likeness (QED) is 0.565. The largest absolute Gasteiger partial charge is 0.349 e. The molecule has 2 N–H and O–H groups in total. The number of hydrogen-bond acceptors (Lipinski definition) is 2. The fourth-order valence-corrected chi connectivity index (χ4v) is 3.94. The molecule has 0 saturated carbocycles. The number of carbonyl (C=O) groups is 1. The van der Waals surface area contributed by atoms with E-state index in [0.717, 1.165) is 29.4 Å². The van der Waals surface area contributed by atoms with Crippen molar-refractivity contribution in [3.8, 4) is 11.1 Å². The Hall–Kier alpha value is -3.47. The van der Waals surface area contributed by atoms with Crippen LogP contribution in [0.2, 0.25) is 0 Å². The molecular weight excluding hydrogens is 353 g/mol. The Morgan fingerprint density at radius 3 is 2.57 bits per heavy atom. The van der Waals surface area contributed by atoms with Crippen LogP contribution >= 0.6 is 0 Å².